The first-order chi connectivity index (χ1) is 24.2. The molecule has 0 saturated heterocycles. The summed E-state index contributed by atoms with van der Waals surface area (Å²) in [5.41, 5.74) is 0. The Balaban J connectivity index is 4.52. The van der Waals surface area contributed by atoms with Crippen LogP contribution in [-0.2, 0) is 32.7 Å². The molecule has 3 N–H and O–H groups in total. The number of phosphoric acid groups is 1. The highest BCUT2D eigenvalue weighted by atomic mass is 31.2. The van der Waals surface area contributed by atoms with Crippen molar-refractivity contribution >= 4 is 19.8 Å². The fourth-order valence-electron chi connectivity index (χ4n) is 4.26. The Labute approximate surface area is 301 Å². The van der Waals surface area contributed by atoms with E-state index < -0.39 is 51.8 Å². The minimum atomic E-state index is -4.63. The van der Waals surface area contributed by atoms with Crippen LogP contribution < -0.4 is 0 Å². The molecule has 0 saturated carbocycles. The number of carbonyl (C=O) groups is 2. The maximum absolute atomic E-state index is 12.5. The van der Waals surface area contributed by atoms with E-state index in [0.717, 1.165) is 77.0 Å². The minimum absolute atomic E-state index is 0.100. The summed E-state index contributed by atoms with van der Waals surface area (Å²) in [6.07, 6.45) is 37.5. The Morgan fingerprint density at radius 2 is 1.12 bits per heavy atom. The maximum Gasteiger partial charge on any atom is 0.472 e. The molecule has 0 aliphatic rings. The van der Waals surface area contributed by atoms with Crippen molar-refractivity contribution in [1.82, 2.24) is 0 Å². The third kappa shape index (κ3) is 33.9. The van der Waals surface area contributed by atoms with E-state index in [9.17, 15) is 24.2 Å². The molecule has 0 bridgehead atoms. The molecule has 50 heavy (non-hydrogen) atoms. The van der Waals surface area contributed by atoms with Crippen molar-refractivity contribution in [2.24, 2.45) is 0 Å². The van der Waals surface area contributed by atoms with Crippen molar-refractivity contribution in [2.45, 2.75) is 135 Å². The zero-order chi connectivity index (χ0) is 37.0. The van der Waals surface area contributed by atoms with Crippen molar-refractivity contribution in [3.63, 3.8) is 0 Å². The van der Waals surface area contributed by atoms with E-state index in [4.69, 9.17) is 19.1 Å². The number of carbonyl (C=O) groups excluding carboxylic acids is 2. The molecule has 0 heterocycles. The number of ether oxygens (including phenoxy) is 2. The maximum atomic E-state index is 12.5. The summed E-state index contributed by atoms with van der Waals surface area (Å²) in [5, 5.41) is 18.2. The van der Waals surface area contributed by atoms with Crippen molar-refractivity contribution in [1.29, 1.82) is 0 Å². The Bertz CT molecular complexity index is 1060. The Kier molecular flexibility index (Phi) is 33.0. The Morgan fingerprint density at radius 1 is 0.620 bits per heavy atom. The van der Waals surface area contributed by atoms with Gasteiger partial charge in [0.25, 0.3) is 0 Å². The summed E-state index contributed by atoms with van der Waals surface area (Å²) in [4.78, 5) is 34.7. The average molecular weight is 725 g/mol. The molecule has 0 rings (SSSR count). The van der Waals surface area contributed by atoms with Gasteiger partial charge in [0, 0.05) is 12.8 Å². The zero-order valence-electron chi connectivity index (χ0n) is 30.6. The van der Waals surface area contributed by atoms with Gasteiger partial charge in [-0.2, -0.15) is 0 Å². The Morgan fingerprint density at radius 3 is 1.74 bits per heavy atom. The van der Waals surface area contributed by atoms with Crippen LogP contribution in [-0.4, -0.2) is 65.7 Å². The summed E-state index contributed by atoms with van der Waals surface area (Å²) < 4.78 is 32.4. The number of rotatable bonds is 33. The molecule has 3 unspecified atom stereocenters. The molecule has 0 aliphatic carbocycles. The predicted molar refractivity (Wildman–Crippen MR) is 200 cm³/mol. The highest BCUT2D eigenvalue weighted by Crippen LogP contribution is 2.43. The largest absolute Gasteiger partial charge is 0.472 e. The van der Waals surface area contributed by atoms with Gasteiger partial charge in [0.2, 0.25) is 0 Å². The van der Waals surface area contributed by atoms with Gasteiger partial charge in [-0.05, 0) is 70.6 Å². The minimum Gasteiger partial charge on any atom is -0.462 e. The van der Waals surface area contributed by atoms with E-state index in [0.29, 0.717) is 19.3 Å². The lowest BCUT2D eigenvalue weighted by Crippen LogP contribution is -2.29. The number of hydrogen-bond donors (Lipinski definition) is 3. The molecule has 0 aromatic heterocycles. The fraction of sp³-hybridized carbons (Fsp3) is 0.641. The van der Waals surface area contributed by atoms with Gasteiger partial charge in [0.1, 0.15) is 12.7 Å². The first-order valence-corrected chi connectivity index (χ1v) is 19.9. The summed E-state index contributed by atoms with van der Waals surface area (Å²) >= 11 is 0. The van der Waals surface area contributed by atoms with Gasteiger partial charge in [-0.3, -0.25) is 18.6 Å². The van der Waals surface area contributed by atoms with Gasteiger partial charge < -0.3 is 24.6 Å². The van der Waals surface area contributed by atoms with Crippen LogP contribution in [0.25, 0.3) is 0 Å². The van der Waals surface area contributed by atoms with E-state index in [-0.39, 0.29) is 19.4 Å². The van der Waals surface area contributed by atoms with Crippen LogP contribution >= 0.6 is 7.82 Å². The summed E-state index contributed by atoms with van der Waals surface area (Å²) in [7, 11) is -4.63. The second kappa shape index (κ2) is 34.8. The van der Waals surface area contributed by atoms with E-state index in [1.54, 1.807) is 0 Å². The molecule has 0 amide bonds. The fourth-order valence-corrected chi connectivity index (χ4v) is 5.05. The smallest absolute Gasteiger partial charge is 0.462 e. The third-order valence-corrected chi connectivity index (χ3v) is 8.03. The molecule has 3 atom stereocenters. The molecule has 0 radical (unpaired) electrons. The molecule has 0 fully saturated rings. The van der Waals surface area contributed by atoms with Crippen LogP contribution in [0.2, 0.25) is 0 Å². The van der Waals surface area contributed by atoms with Crippen molar-refractivity contribution < 1.29 is 47.8 Å². The van der Waals surface area contributed by atoms with Gasteiger partial charge in [0.15, 0.2) is 6.10 Å². The van der Waals surface area contributed by atoms with Crippen LogP contribution in [0, 0.1) is 0 Å². The number of esters is 2. The normalized spacial score (nSPS) is 14.9. The number of phosphoric ester groups is 1. The summed E-state index contributed by atoms with van der Waals surface area (Å²) in [6.45, 7) is 2.08. The van der Waals surface area contributed by atoms with Crippen molar-refractivity contribution in [3.8, 4) is 0 Å². The van der Waals surface area contributed by atoms with E-state index in [1.807, 2.05) is 12.2 Å². The molecule has 10 nitrogen and oxygen atoms in total. The molecule has 0 spiro atoms. The summed E-state index contributed by atoms with van der Waals surface area (Å²) in [6, 6.07) is 0. The number of unbranched alkanes of at least 4 members (excludes halogenated alkanes) is 7. The van der Waals surface area contributed by atoms with Crippen LogP contribution in [0.5, 0.6) is 0 Å². The van der Waals surface area contributed by atoms with Crippen LogP contribution in [0.4, 0.5) is 0 Å². The molecule has 0 aliphatic heterocycles. The van der Waals surface area contributed by atoms with E-state index in [2.05, 4.69) is 79.1 Å². The van der Waals surface area contributed by atoms with E-state index in [1.165, 1.54) is 0 Å². The number of allylic oxidation sites excluding steroid dienone is 12. The molecule has 286 valence electrons. The highest BCUT2D eigenvalue weighted by Gasteiger charge is 2.27. The van der Waals surface area contributed by atoms with Gasteiger partial charge >= 0.3 is 19.8 Å². The van der Waals surface area contributed by atoms with Crippen LogP contribution in [0.1, 0.15) is 123 Å². The quantitative estimate of drug-likeness (QED) is 0.0259. The lowest BCUT2D eigenvalue weighted by molar-refractivity contribution is -0.161. The second-order valence-corrected chi connectivity index (χ2v) is 13.3. The standard InChI is InChI=1S/C39H65O10P/c1-3-5-7-9-11-13-15-16-17-18-19-20-21-23-25-27-29-31-39(43)49-37(35-48-50(44,45)47-33-36(41)32-40)34-46-38(42)30-28-26-24-22-14-12-10-8-6-4-2/h5,7-8,10-11,13,16-17,19-20,23,25,36-37,40-41H,3-4,6,9,12,14-15,18,21-22,24,26-35H2,1-2H3,(H,44,45)/b7-5-,10-8-,13-11-,17-16-,20-19-,25-23-. The predicted octanol–water partition coefficient (Wildman–Crippen LogP) is 8.94. The van der Waals surface area contributed by atoms with Crippen molar-refractivity contribution in [3.05, 3.63) is 72.9 Å². The van der Waals surface area contributed by atoms with E-state index >= 15 is 0 Å². The first-order valence-electron chi connectivity index (χ1n) is 18.4. The Hall–Kier alpha value is -2.59. The third-order valence-electron chi connectivity index (χ3n) is 7.08. The number of hydrogen-bond acceptors (Lipinski definition) is 9. The van der Waals surface area contributed by atoms with Gasteiger partial charge in [-0.25, -0.2) is 4.57 Å². The van der Waals surface area contributed by atoms with Crippen LogP contribution in [0.15, 0.2) is 72.9 Å². The lowest BCUT2D eigenvalue weighted by Gasteiger charge is -2.20. The average Bonchev–Trinajstić information content (AvgIpc) is 3.10. The van der Waals surface area contributed by atoms with Gasteiger partial charge in [-0.15, -0.1) is 0 Å². The van der Waals surface area contributed by atoms with Gasteiger partial charge in [0.05, 0.1) is 19.8 Å². The van der Waals surface area contributed by atoms with Gasteiger partial charge in [-0.1, -0.05) is 112 Å². The zero-order valence-corrected chi connectivity index (χ0v) is 31.5. The van der Waals surface area contributed by atoms with Crippen molar-refractivity contribution in [2.75, 3.05) is 26.4 Å². The molecule has 0 aromatic carbocycles. The monoisotopic (exact) mass is 724 g/mol. The molecule has 11 heteroatoms. The summed E-state index contributed by atoms with van der Waals surface area (Å²) in [5.74, 6) is -1.02. The topological polar surface area (TPSA) is 149 Å². The van der Waals surface area contributed by atoms with Crippen LogP contribution in [0.3, 0.4) is 0 Å². The SMILES string of the molecule is CC/C=C\C/C=C\C/C=C\C/C=C\C/C=C\CCCC(=O)OC(COC(=O)CCCCCCC/C=C\CCC)COP(=O)(O)OCC(O)CO. The molecule has 0 aromatic rings. The first kappa shape index (κ1) is 47.4. The second-order valence-electron chi connectivity index (χ2n) is 11.9. The number of aliphatic hydroxyl groups is 2. The molecular weight excluding hydrogens is 659 g/mol. The molecular formula is C39H65O10P. The lowest BCUT2D eigenvalue weighted by atomic mass is 10.1. The number of aliphatic hydroxyl groups excluding tert-OH is 2. The highest BCUT2D eigenvalue weighted by molar-refractivity contribution is 7.47.